The van der Waals surface area contributed by atoms with Crippen LogP contribution in [0, 0.1) is 28.6 Å². The summed E-state index contributed by atoms with van der Waals surface area (Å²) in [4.78, 5) is 65.7. The Balaban J connectivity index is 1.83. The lowest BCUT2D eigenvalue weighted by molar-refractivity contribution is -0.145. The van der Waals surface area contributed by atoms with Gasteiger partial charge in [-0.15, -0.1) is 0 Å². The molecule has 3 rings (SSSR count). The summed E-state index contributed by atoms with van der Waals surface area (Å²) in [5.41, 5.74) is 4.01. The minimum Gasteiger partial charge on any atom is -0.363 e. The van der Waals surface area contributed by atoms with Gasteiger partial charge < -0.3 is 26.6 Å². The van der Waals surface area contributed by atoms with Gasteiger partial charge in [-0.2, -0.15) is 0 Å². The van der Waals surface area contributed by atoms with Crippen molar-refractivity contribution >= 4 is 29.5 Å². The van der Waals surface area contributed by atoms with E-state index in [2.05, 4.69) is 29.8 Å². The van der Waals surface area contributed by atoms with Crippen molar-refractivity contribution in [3.63, 3.8) is 0 Å². The normalized spacial score (nSPS) is 26.3. The van der Waals surface area contributed by atoms with Gasteiger partial charge in [0.1, 0.15) is 12.1 Å². The second kappa shape index (κ2) is 9.34. The van der Waals surface area contributed by atoms with Crippen molar-refractivity contribution < 1.29 is 24.0 Å². The number of amides is 5. The van der Waals surface area contributed by atoms with Gasteiger partial charge in [0, 0.05) is 12.1 Å². The van der Waals surface area contributed by atoms with Crippen LogP contribution in [0.1, 0.15) is 74.7 Å². The van der Waals surface area contributed by atoms with Crippen LogP contribution < -0.4 is 21.7 Å². The van der Waals surface area contributed by atoms with Gasteiger partial charge in [0.15, 0.2) is 0 Å². The summed E-state index contributed by atoms with van der Waals surface area (Å²) >= 11 is 0. The summed E-state index contributed by atoms with van der Waals surface area (Å²) in [5, 5.41) is 8.40. The van der Waals surface area contributed by atoms with Crippen molar-refractivity contribution in [2.45, 2.75) is 98.3 Å². The third-order valence-electron chi connectivity index (χ3n) is 7.78. The van der Waals surface area contributed by atoms with Gasteiger partial charge in [0.25, 0.3) is 5.91 Å². The Hall–Kier alpha value is -2.65. The fraction of sp³-hybridized carbons (Fsp3) is 0.808. The Labute approximate surface area is 213 Å². The number of fused-ring (bicyclic) bond motifs is 1. The molecule has 5 N–H and O–H groups in total. The number of hydrogen-bond donors (Lipinski definition) is 4. The molecule has 1 aliphatic heterocycles. The summed E-state index contributed by atoms with van der Waals surface area (Å²) in [5.74, 6) is -2.34. The van der Waals surface area contributed by atoms with Crippen LogP contribution in [0.3, 0.4) is 0 Å². The zero-order valence-corrected chi connectivity index (χ0v) is 22.9. The Kier molecular flexibility index (Phi) is 7.24. The average Bonchev–Trinajstić information content (AvgIpc) is 3.55. The van der Waals surface area contributed by atoms with E-state index in [1.54, 1.807) is 4.90 Å². The van der Waals surface area contributed by atoms with Crippen LogP contribution in [-0.4, -0.2) is 64.6 Å². The lowest BCUT2D eigenvalue weighted by atomic mass is 9.85. The molecule has 0 aromatic carbocycles. The fourth-order valence-corrected chi connectivity index (χ4v) is 5.48. The van der Waals surface area contributed by atoms with E-state index < -0.39 is 52.7 Å². The van der Waals surface area contributed by atoms with Crippen molar-refractivity contribution in [3.05, 3.63) is 0 Å². The summed E-state index contributed by atoms with van der Waals surface area (Å²) in [7, 11) is 0. The van der Waals surface area contributed by atoms with Crippen LogP contribution >= 0.6 is 0 Å². The Morgan fingerprint density at radius 2 is 1.58 bits per heavy atom. The third kappa shape index (κ3) is 6.00. The lowest BCUT2D eigenvalue weighted by Crippen LogP contribution is -2.62. The number of primary amides is 1. The molecule has 0 aromatic heterocycles. The number of Topliss-reactive ketones (excluding diaryl/α,β-unsaturated/α-hetero) is 1. The summed E-state index contributed by atoms with van der Waals surface area (Å²) in [6.45, 7) is 15.7. The Morgan fingerprint density at radius 3 is 2.06 bits per heavy atom. The molecule has 36 heavy (non-hydrogen) atoms. The zero-order valence-electron chi connectivity index (χ0n) is 22.9. The summed E-state index contributed by atoms with van der Waals surface area (Å²) in [6.07, 6.45) is 2.25. The quantitative estimate of drug-likeness (QED) is 0.367. The molecule has 2 aliphatic carbocycles. The first-order valence-corrected chi connectivity index (χ1v) is 12.9. The number of nitrogens with two attached hydrogens (primary N) is 1. The Bertz CT molecular complexity index is 943. The average molecular weight is 506 g/mol. The number of hydrogen-bond acceptors (Lipinski definition) is 5. The predicted molar refractivity (Wildman–Crippen MR) is 134 cm³/mol. The van der Waals surface area contributed by atoms with Crippen molar-refractivity contribution in [1.29, 1.82) is 0 Å². The van der Waals surface area contributed by atoms with E-state index in [9.17, 15) is 24.0 Å². The van der Waals surface area contributed by atoms with Gasteiger partial charge in [-0.05, 0) is 55.8 Å². The molecule has 3 aliphatic rings. The molecular weight excluding hydrogens is 462 g/mol. The Morgan fingerprint density at radius 1 is 1.00 bits per heavy atom. The number of ketones is 1. The number of piperidine rings is 1. The fourth-order valence-electron chi connectivity index (χ4n) is 5.48. The molecule has 0 spiro atoms. The topological polar surface area (TPSA) is 151 Å². The highest BCUT2D eigenvalue weighted by atomic mass is 16.2. The maximum atomic E-state index is 13.9. The smallest absolute Gasteiger partial charge is 0.315 e. The molecule has 5 atom stereocenters. The molecule has 1 saturated heterocycles. The van der Waals surface area contributed by atoms with Crippen molar-refractivity contribution in [2.24, 2.45) is 34.3 Å². The van der Waals surface area contributed by atoms with Crippen LogP contribution in [0.2, 0.25) is 0 Å². The van der Waals surface area contributed by atoms with Crippen LogP contribution in [0.15, 0.2) is 0 Å². The maximum absolute atomic E-state index is 13.9. The van der Waals surface area contributed by atoms with Gasteiger partial charge in [0.05, 0.1) is 6.04 Å². The first-order valence-electron chi connectivity index (χ1n) is 12.9. The monoisotopic (exact) mass is 505 g/mol. The highest BCUT2D eigenvalue weighted by Gasteiger charge is 2.70. The van der Waals surface area contributed by atoms with Crippen molar-refractivity contribution in [1.82, 2.24) is 20.9 Å². The second-order valence-corrected chi connectivity index (χ2v) is 13.5. The summed E-state index contributed by atoms with van der Waals surface area (Å²) in [6, 6.07) is -3.12. The molecule has 0 radical (unpaired) electrons. The van der Waals surface area contributed by atoms with Crippen LogP contribution in [-0.2, 0) is 19.2 Å². The maximum Gasteiger partial charge on any atom is 0.315 e. The minimum atomic E-state index is -1.08. The zero-order chi connectivity index (χ0) is 27.4. The van der Waals surface area contributed by atoms with E-state index in [0.717, 1.165) is 12.8 Å². The highest BCUT2D eigenvalue weighted by Crippen LogP contribution is 2.65. The predicted octanol–water partition coefficient (Wildman–Crippen LogP) is 1.32. The number of carbonyl (C=O) groups excluding carboxylic acids is 5. The van der Waals surface area contributed by atoms with Gasteiger partial charge in [-0.1, -0.05) is 47.5 Å². The van der Waals surface area contributed by atoms with Gasteiger partial charge in [-0.3, -0.25) is 19.2 Å². The molecular formula is C26H43N5O5. The molecule has 4 unspecified atom stereocenters. The van der Waals surface area contributed by atoms with Crippen molar-refractivity contribution in [3.8, 4) is 0 Å². The number of nitrogens with one attached hydrogen (secondary N) is 3. The number of urea groups is 1. The second-order valence-electron chi connectivity index (χ2n) is 13.5. The molecule has 3 fully saturated rings. The van der Waals surface area contributed by atoms with Crippen LogP contribution in [0.5, 0.6) is 0 Å². The van der Waals surface area contributed by atoms with Gasteiger partial charge >= 0.3 is 6.03 Å². The third-order valence-corrected chi connectivity index (χ3v) is 7.78. The van der Waals surface area contributed by atoms with E-state index in [1.807, 2.05) is 41.5 Å². The molecule has 10 heteroatoms. The lowest BCUT2D eigenvalue weighted by Gasteiger charge is -2.38. The first-order chi connectivity index (χ1) is 16.3. The largest absolute Gasteiger partial charge is 0.363 e. The van der Waals surface area contributed by atoms with Crippen LogP contribution in [0.25, 0.3) is 0 Å². The number of rotatable bonds is 8. The van der Waals surface area contributed by atoms with E-state index >= 15 is 0 Å². The molecule has 10 nitrogen and oxygen atoms in total. The van der Waals surface area contributed by atoms with Crippen molar-refractivity contribution in [2.75, 3.05) is 6.54 Å². The molecule has 5 amide bonds. The summed E-state index contributed by atoms with van der Waals surface area (Å²) < 4.78 is 0. The highest BCUT2D eigenvalue weighted by molar-refractivity contribution is 6.37. The molecule has 2 saturated carbocycles. The molecule has 202 valence electrons. The molecule has 0 aromatic rings. The SMILES string of the molecule is CC(C)(C)NC(=O)NC(C(=O)N1CC2C([C@H]1C(=O)NC(CC1CC1)C(=O)C(N)=O)C2(C)C)C(C)(C)C. The van der Waals surface area contributed by atoms with Gasteiger partial charge in [-0.25, -0.2) is 4.79 Å². The minimum absolute atomic E-state index is 0.0734. The van der Waals surface area contributed by atoms with Gasteiger partial charge in [0.2, 0.25) is 17.6 Å². The number of carbonyl (C=O) groups is 5. The van der Waals surface area contributed by atoms with E-state index in [1.165, 1.54) is 0 Å². The van der Waals surface area contributed by atoms with E-state index in [0.29, 0.717) is 13.0 Å². The first kappa shape index (κ1) is 27.9. The molecule has 1 heterocycles. The number of likely N-dealkylation sites (tertiary alicyclic amines) is 1. The number of nitrogens with zero attached hydrogens (tertiary/aromatic N) is 1. The standard InChI is InChI=1S/C26H43N5O5/c1-24(2,3)19(29-23(36)30-25(4,5)6)22(35)31-12-14-16(26(14,7)8)17(31)21(34)28-15(11-13-9-10-13)18(32)20(27)33/h13-17,19H,9-12H2,1-8H3,(H2,27,33)(H,28,34)(H2,29,30,36)/t14?,15?,16?,17-,19?/m0/s1. The van der Waals surface area contributed by atoms with Crippen LogP contribution in [0.4, 0.5) is 4.79 Å². The van der Waals surface area contributed by atoms with E-state index in [-0.39, 0.29) is 29.1 Å². The van der Waals surface area contributed by atoms with E-state index in [4.69, 9.17) is 5.73 Å². The molecule has 0 bridgehead atoms.